The fraction of sp³-hybridized carbons (Fsp3) is 0.0500. The lowest BCUT2D eigenvalue weighted by Gasteiger charge is -2.30. The number of Topliss-reactive ketones (excluding diaryl/α,β-unsaturated/α-hetero) is 2. The quantitative estimate of drug-likeness (QED) is 0.631. The zero-order valence-corrected chi connectivity index (χ0v) is 14.2. The Kier molecular flexibility index (Phi) is 3.79. The molecular formula is C20H11N3O5. The molecule has 1 atom stereocenters. The minimum Gasteiger partial charge on any atom is -0.436 e. The van der Waals surface area contributed by atoms with Crippen LogP contribution in [-0.2, 0) is 4.74 Å². The Morgan fingerprint density at radius 1 is 1.07 bits per heavy atom. The Balaban J connectivity index is 1.98. The second-order valence-electron chi connectivity index (χ2n) is 6.22. The first-order valence-electron chi connectivity index (χ1n) is 8.18. The van der Waals surface area contributed by atoms with Crippen LogP contribution in [0, 0.1) is 21.4 Å². The van der Waals surface area contributed by atoms with E-state index < -0.39 is 22.4 Å². The summed E-state index contributed by atoms with van der Waals surface area (Å²) < 4.78 is 5.37. The largest absolute Gasteiger partial charge is 0.436 e. The van der Waals surface area contributed by atoms with E-state index >= 15 is 0 Å². The molecule has 1 unspecified atom stereocenters. The van der Waals surface area contributed by atoms with Gasteiger partial charge in [-0.1, -0.05) is 36.4 Å². The van der Waals surface area contributed by atoms with Gasteiger partial charge in [-0.2, -0.15) is 5.26 Å². The molecule has 1 aliphatic heterocycles. The zero-order valence-electron chi connectivity index (χ0n) is 14.2. The summed E-state index contributed by atoms with van der Waals surface area (Å²) in [6.45, 7) is 0. The third kappa shape index (κ3) is 2.38. The number of nitriles is 1. The van der Waals surface area contributed by atoms with Crippen molar-refractivity contribution >= 4 is 17.3 Å². The average Bonchev–Trinajstić information content (AvgIpc) is 2.71. The number of nitrogens with two attached hydrogens (primary N) is 1. The fourth-order valence-electron chi connectivity index (χ4n) is 3.46. The van der Waals surface area contributed by atoms with Crippen molar-refractivity contribution < 1.29 is 19.2 Å². The summed E-state index contributed by atoms with van der Waals surface area (Å²) in [5.74, 6) is -2.61. The van der Waals surface area contributed by atoms with E-state index in [2.05, 4.69) is 0 Å². The molecule has 4 rings (SSSR count). The maximum atomic E-state index is 13.2. The molecule has 136 valence electrons. The minimum atomic E-state index is -1.04. The first-order valence-corrected chi connectivity index (χ1v) is 8.18. The number of fused-ring (bicyclic) bond motifs is 1. The van der Waals surface area contributed by atoms with Gasteiger partial charge in [-0.3, -0.25) is 19.7 Å². The van der Waals surface area contributed by atoms with Crippen molar-refractivity contribution in [3.05, 3.63) is 98.1 Å². The maximum Gasteiger partial charge on any atom is 0.269 e. The Bertz CT molecular complexity index is 1190. The topological polar surface area (TPSA) is 136 Å². The van der Waals surface area contributed by atoms with E-state index in [0.29, 0.717) is 5.56 Å². The smallest absolute Gasteiger partial charge is 0.269 e. The minimum absolute atomic E-state index is 0.0463. The number of rotatable bonds is 2. The lowest BCUT2D eigenvalue weighted by Crippen LogP contribution is -2.32. The van der Waals surface area contributed by atoms with Crippen molar-refractivity contribution in [2.75, 3.05) is 0 Å². The molecule has 0 bridgehead atoms. The van der Waals surface area contributed by atoms with Crippen molar-refractivity contribution in [2.24, 2.45) is 5.73 Å². The third-order valence-corrected chi connectivity index (χ3v) is 4.70. The van der Waals surface area contributed by atoms with E-state index in [4.69, 9.17) is 10.5 Å². The SMILES string of the molecule is N#CC1=C(N)OC2=C(C(=O)c3ccccc3C2=O)C1c1cccc([N+](=O)[O-])c1. The van der Waals surface area contributed by atoms with E-state index in [1.54, 1.807) is 12.1 Å². The molecule has 0 saturated carbocycles. The highest BCUT2D eigenvalue weighted by Crippen LogP contribution is 2.44. The van der Waals surface area contributed by atoms with Crippen LogP contribution < -0.4 is 5.73 Å². The van der Waals surface area contributed by atoms with E-state index in [1.165, 1.54) is 36.4 Å². The van der Waals surface area contributed by atoms with Gasteiger partial charge in [0.25, 0.3) is 5.69 Å². The highest BCUT2D eigenvalue weighted by molar-refractivity contribution is 6.27. The first kappa shape index (κ1) is 17.2. The van der Waals surface area contributed by atoms with Crippen molar-refractivity contribution in [3.63, 3.8) is 0 Å². The Morgan fingerprint density at radius 3 is 2.39 bits per heavy atom. The van der Waals surface area contributed by atoms with Crippen LogP contribution >= 0.6 is 0 Å². The summed E-state index contributed by atoms with van der Waals surface area (Å²) >= 11 is 0. The molecule has 0 fully saturated rings. The molecule has 1 aliphatic carbocycles. The predicted molar refractivity (Wildman–Crippen MR) is 95.9 cm³/mol. The number of nitrogens with zero attached hydrogens (tertiary/aromatic N) is 2. The van der Waals surface area contributed by atoms with Gasteiger partial charge < -0.3 is 10.5 Å². The van der Waals surface area contributed by atoms with Crippen LogP contribution in [0.5, 0.6) is 0 Å². The number of hydrogen-bond acceptors (Lipinski definition) is 7. The summed E-state index contributed by atoms with van der Waals surface area (Å²) in [6, 6.07) is 13.7. The molecule has 2 aliphatic rings. The number of carbonyl (C=O) groups excluding carboxylic acids is 2. The second kappa shape index (κ2) is 6.17. The molecule has 0 amide bonds. The number of carbonyl (C=O) groups is 2. The molecule has 1 heterocycles. The van der Waals surface area contributed by atoms with Crippen LogP contribution in [-0.4, -0.2) is 16.5 Å². The number of nitro benzene ring substituents is 1. The Labute approximate surface area is 158 Å². The molecule has 28 heavy (non-hydrogen) atoms. The Morgan fingerprint density at radius 2 is 1.75 bits per heavy atom. The van der Waals surface area contributed by atoms with Crippen LogP contribution in [0.15, 0.2) is 71.3 Å². The average molecular weight is 373 g/mol. The predicted octanol–water partition coefficient (Wildman–Crippen LogP) is 2.74. The van der Waals surface area contributed by atoms with Gasteiger partial charge in [0.05, 0.1) is 16.4 Å². The summed E-state index contributed by atoms with van der Waals surface area (Å²) in [4.78, 5) is 36.6. The van der Waals surface area contributed by atoms with Gasteiger partial charge in [0.15, 0.2) is 11.5 Å². The summed E-state index contributed by atoms with van der Waals surface area (Å²) in [6.07, 6.45) is 0. The molecule has 2 aromatic rings. The van der Waals surface area contributed by atoms with Crippen molar-refractivity contribution in [1.82, 2.24) is 0 Å². The molecule has 0 aromatic heterocycles. The van der Waals surface area contributed by atoms with Crippen LogP contribution in [0.1, 0.15) is 32.2 Å². The van der Waals surface area contributed by atoms with Gasteiger partial charge in [-0.15, -0.1) is 0 Å². The highest BCUT2D eigenvalue weighted by atomic mass is 16.6. The van der Waals surface area contributed by atoms with Crippen LogP contribution in [0.3, 0.4) is 0 Å². The van der Waals surface area contributed by atoms with Crippen LogP contribution in [0.4, 0.5) is 5.69 Å². The van der Waals surface area contributed by atoms with Gasteiger partial charge in [0, 0.05) is 23.3 Å². The van der Waals surface area contributed by atoms with Gasteiger partial charge in [-0.05, 0) is 5.56 Å². The fourth-order valence-corrected chi connectivity index (χ4v) is 3.46. The number of non-ortho nitro benzene ring substituents is 1. The molecule has 0 spiro atoms. The molecule has 2 N–H and O–H groups in total. The number of hydrogen-bond donors (Lipinski definition) is 1. The van der Waals surface area contributed by atoms with Gasteiger partial charge in [0.1, 0.15) is 11.6 Å². The zero-order chi connectivity index (χ0) is 20.0. The summed E-state index contributed by atoms with van der Waals surface area (Å²) in [5, 5.41) is 20.7. The lowest BCUT2D eigenvalue weighted by atomic mass is 9.75. The van der Waals surface area contributed by atoms with Gasteiger partial charge >= 0.3 is 0 Å². The van der Waals surface area contributed by atoms with Crippen molar-refractivity contribution in [3.8, 4) is 6.07 Å². The van der Waals surface area contributed by atoms with Crippen molar-refractivity contribution in [2.45, 2.75) is 5.92 Å². The highest BCUT2D eigenvalue weighted by Gasteiger charge is 2.43. The molecule has 8 nitrogen and oxygen atoms in total. The lowest BCUT2D eigenvalue weighted by molar-refractivity contribution is -0.384. The van der Waals surface area contributed by atoms with E-state index in [0.717, 1.165) is 0 Å². The number of nitro groups is 1. The first-order chi connectivity index (χ1) is 13.4. The summed E-state index contributed by atoms with van der Waals surface area (Å²) in [7, 11) is 0. The van der Waals surface area contributed by atoms with Crippen LogP contribution in [0.2, 0.25) is 0 Å². The van der Waals surface area contributed by atoms with Crippen LogP contribution in [0.25, 0.3) is 0 Å². The summed E-state index contributed by atoms with van der Waals surface area (Å²) in [5.41, 5.74) is 6.17. The number of ketones is 2. The number of ether oxygens (including phenoxy) is 1. The molecular weight excluding hydrogens is 362 g/mol. The standard InChI is InChI=1S/C20H11N3O5/c21-9-14-15(10-4-3-5-11(8-10)23(26)27)16-17(24)12-6-1-2-7-13(12)18(25)19(16)28-20(14)22/h1-8,15H,22H2. The van der Waals surface area contributed by atoms with E-state index in [-0.39, 0.29) is 39.6 Å². The second-order valence-corrected chi connectivity index (χ2v) is 6.22. The Hall–Kier alpha value is -4.25. The maximum absolute atomic E-state index is 13.2. The normalized spacial score (nSPS) is 18.2. The number of allylic oxidation sites excluding steroid dienone is 3. The van der Waals surface area contributed by atoms with Crippen molar-refractivity contribution in [1.29, 1.82) is 5.26 Å². The van der Waals surface area contributed by atoms with E-state index in [1.807, 2.05) is 6.07 Å². The molecule has 0 radical (unpaired) electrons. The van der Waals surface area contributed by atoms with Gasteiger partial charge in [0.2, 0.25) is 11.7 Å². The molecule has 2 aromatic carbocycles. The van der Waals surface area contributed by atoms with E-state index in [9.17, 15) is 25.0 Å². The third-order valence-electron chi connectivity index (χ3n) is 4.70. The monoisotopic (exact) mass is 373 g/mol. The van der Waals surface area contributed by atoms with Gasteiger partial charge in [-0.25, -0.2) is 0 Å². The molecule has 0 saturated heterocycles. The molecule has 8 heteroatoms. The number of benzene rings is 2.